The first-order valence-corrected chi connectivity index (χ1v) is 11.1. The van der Waals surface area contributed by atoms with Gasteiger partial charge in [-0.2, -0.15) is 11.8 Å². The topological polar surface area (TPSA) is 46.1 Å². The molecule has 0 amide bonds. The van der Waals surface area contributed by atoms with Gasteiger partial charge >= 0.3 is 0 Å². The van der Waals surface area contributed by atoms with Crippen molar-refractivity contribution in [2.24, 2.45) is 4.99 Å². The second-order valence-electron chi connectivity index (χ2n) is 7.55. The molecule has 0 bridgehead atoms. The molecule has 1 aliphatic carbocycles. The van der Waals surface area contributed by atoms with Crippen molar-refractivity contribution < 1.29 is 9.47 Å². The Morgan fingerprint density at radius 2 is 2.20 bits per heavy atom. The van der Waals surface area contributed by atoms with Gasteiger partial charge in [0.25, 0.3) is 0 Å². The summed E-state index contributed by atoms with van der Waals surface area (Å²) in [7, 11) is 1.91. The number of rotatable bonds is 6. The molecule has 2 saturated heterocycles. The number of thioether (sulfide) groups is 1. The third kappa shape index (κ3) is 5.76. The van der Waals surface area contributed by atoms with Crippen LogP contribution in [0.2, 0.25) is 0 Å². The molecule has 2 heterocycles. The third-order valence-corrected chi connectivity index (χ3v) is 7.14. The lowest BCUT2D eigenvalue weighted by molar-refractivity contribution is 0.0168. The molecule has 3 rings (SSSR count). The second-order valence-corrected chi connectivity index (χ2v) is 9.11. The Bertz CT molecular complexity index is 415. The van der Waals surface area contributed by atoms with Gasteiger partial charge in [0, 0.05) is 50.4 Å². The molecule has 1 unspecified atom stereocenters. The van der Waals surface area contributed by atoms with Gasteiger partial charge in [0.15, 0.2) is 5.96 Å². The molecule has 6 heteroatoms. The van der Waals surface area contributed by atoms with Gasteiger partial charge in [-0.1, -0.05) is 19.3 Å². The maximum atomic E-state index is 5.75. The second kappa shape index (κ2) is 10.0. The van der Waals surface area contributed by atoms with Crippen LogP contribution >= 0.6 is 11.8 Å². The van der Waals surface area contributed by atoms with Crippen LogP contribution in [0, 0.1) is 0 Å². The summed E-state index contributed by atoms with van der Waals surface area (Å²) in [4.78, 5) is 7.01. The highest BCUT2D eigenvalue weighted by molar-refractivity contribution is 8.00. The summed E-state index contributed by atoms with van der Waals surface area (Å²) >= 11 is 2.21. The van der Waals surface area contributed by atoms with E-state index in [0.717, 1.165) is 58.3 Å². The molecule has 3 aliphatic rings. The van der Waals surface area contributed by atoms with Gasteiger partial charge in [-0.05, 0) is 32.1 Å². The number of hydrogen-bond donors (Lipinski definition) is 1. The molecular formula is C19H35N3O2S. The lowest BCUT2D eigenvalue weighted by Gasteiger charge is -2.45. The van der Waals surface area contributed by atoms with Crippen molar-refractivity contribution in [2.75, 3.05) is 52.3 Å². The Hall–Kier alpha value is -0.460. The van der Waals surface area contributed by atoms with Crippen molar-refractivity contribution in [3.63, 3.8) is 0 Å². The van der Waals surface area contributed by atoms with Crippen molar-refractivity contribution in [3.8, 4) is 0 Å². The van der Waals surface area contributed by atoms with Crippen LogP contribution < -0.4 is 5.32 Å². The highest BCUT2D eigenvalue weighted by atomic mass is 32.2. The first kappa shape index (κ1) is 19.3. The maximum absolute atomic E-state index is 5.75. The summed E-state index contributed by atoms with van der Waals surface area (Å²) in [6.07, 6.45) is 10.6. The third-order valence-electron chi connectivity index (χ3n) is 5.60. The minimum atomic E-state index is 0.332. The predicted octanol–water partition coefficient (Wildman–Crippen LogP) is 2.90. The average Bonchev–Trinajstić information content (AvgIpc) is 3.15. The van der Waals surface area contributed by atoms with Crippen molar-refractivity contribution in [1.29, 1.82) is 0 Å². The summed E-state index contributed by atoms with van der Waals surface area (Å²) in [5.74, 6) is 2.30. The van der Waals surface area contributed by atoms with Gasteiger partial charge in [-0.15, -0.1) is 0 Å². The number of guanidine groups is 1. The highest BCUT2D eigenvalue weighted by Crippen LogP contribution is 2.42. The molecule has 0 aromatic rings. The summed E-state index contributed by atoms with van der Waals surface area (Å²) in [5, 5.41) is 3.54. The van der Waals surface area contributed by atoms with Crippen LogP contribution in [0.25, 0.3) is 0 Å². The van der Waals surface area contributed by atoms with Crippen molar-refractivity contribution >= 4 is 17.7 Å². The predicted molar refractivity (Wildman–Crippen MR) is 106 cm³/mol. The lowest BCUT2D eigenvalue weighted by Crippen LogP contribution is -2.53. The van der Waals surface area contributed by atoms with Crippen LogP contribution in [0.4, 0.5) is 0 Å². The van der Waals surface area contributed by atoms with Gasteiger partial charge in [-0.3, -0.25) is 4.99 Å². The fourth-order valence-corrected chi connectivity index (χ4v) is 5.79. The van der Waals surface area contributed by atoms with E-state index >= 15 is 0 Å². The normalized spacial score (nSPS) is 27.0. The number of aliphatic imine (C=N–C) groups is 1. The maximum Gasteiger partial charge on any atom is 0.193 e. The van der Waals surface area contributed by atoms with E-state index in [0.29, 0.717) is 10.9 Å². The fraction of sp³-hybridized carbons (Fsp3) is 0.947. The molecule has 2 aliphatic heterocycles. The zero-order chi connectivity index (χ0) is 17.4. The number of nitrogens with one attached hydrogen (secondary N) is 1. The Kier molecular flexibility index (Phi) is 7.74. The van der Waals surface area contributed by atoms with E-state index in [1.54, 1.807) is 0 Å². The van der Waals surface area contributed by atoms with E-state index in [1.165, 1.54) is 44.3 Å². The van der Waals surface area contributed by atoms with Crippen molar-refractivity contribution in [1.82, 2.24) is 10.2 Å². The molecule has 1 saturated carbocycles. The van der Waals surface area contributed by atoms with Gasteiger partial charge in [0.2, 0.25) is 0 Å². The van der Waals surface area contributed by atoms with E-state index < -0.39 is 0 Å². The van der Waals surface area contributed by atoms with Crippen LogP contribution in [0.5, 0.6) is 0 Å². The molecule has 0 aromatic heterocycles. The van der Waals surface area contributed by atoms with E-state index in [2.05, 4.69) is 27.0 Å². The van der Waals surface area contributed by atoms with Crippen LogP contribution in [0.1, 0.15) is 51.4 Å². The van der Waals surface area contributed by atoms with Gasteiger partial charge < -0.3 is 19.7 Å². The minimum Gasteiger partial charge on any atom is -0.379 e. The largest absolute Gasteiger partial charge is 0.379 e. The average molecular weight is 370 g/mol. The summed E-state index contributed by atoms with van der Waals surface area (Å²) in [5.41, 5.74) is 0. The summed E-state index contributed by atoms with van der Waals surface area (Å²) in [6.45, 7) is 5.65. The van der Waals surface area contributed by atoms with Crippen molar-refractivity contribution in [3.05, 3.63) is 0 Å². The Balaban J connectivity index is 1.34. The zero-order valence-electron chi connectivity index (χ0n) is 15.8. The van der Waals surface area contributed by atoms with E-state index in [1.807, 2.05) is 7.05 Å². The minimum absolute atomic E-state index is 0.332. The molecule has 144 valence electrons. The molecular weight excluding hydrogens is 334 g/mol. The van der Waals surface area contributed by atoms with Crippen LogP contribution in [-0.2, 0) is 9.47 Å². The Morgan fingerprint density at radius 3 is 2.96 bits per heavy atom. The van der Waals surface area contributed by atoms with E-state index in [-0.39, 0.29) is 0 Å². The Labute approximate surface area is 157 Å². The number of hydrogen-bond acceptors (Lipinski definition) is 4. The van der Waals surface area contributed by atoms with Gasteiger partial charge in [0.1, 0.15) is 0 Å². The SMILES string of the molecule is CN=C(NCCCOCC1CCCO1)N1CCSC2(CCCCC2)C1. The lowest BCUT2D eigenvalue weighted by atomic mass is 9.87. The zero-order valence-corrected chi connectivity index (χ0v) is 16.6. The quantitative estimate of drug-likeness (QED) is 0.443. The van der Waals surface area contributed by atoms with E-state index in [9.17, 15) is 0 Å². The summed E-state index contributed by atoms with van der Waals surface area (Å²) < 4.78 is 11.8. The monoisotopic (exact) mass is 369 g/mol. The molecule has 25 heavy (non-hydrogen) atoms. The fourth-order valence-electron chi connectivity index (χ4n) is 4.22. The highest BCUT2D eigenvalue weighted by Gasteiger charge is 2.38. The van der Waals surface area contributed by atoms with Gasteiger partial charge in [-0.25, -0.2) is 0 Å². The van der Waals surface area contributed by atoms with Crippen LogP contribution in [0.15, 0.2) is 4.99 Å². The standard InChI is InChI=1S/C19H35N3O2S/c1-20-18(21-10-6-12-23-15-17-7-5-13-24-17)22-11-14-25-19(16-22)8-3-2-4-9-19/h17H,2-16H2,1H3,(H,20,21). The molecule has 3 fully saturated rings. The van der Waals surface area contributed by atoms with Crippen LogP contribution in [-0.4, -0.2) is 74.0 Å². The molecule has 5 nitrogen and oxygen atoms in total. The van der Waals surface area contributed by atoms with Gasteiger partial charge in [0.05, 0.1) is 12.7 Å². The molecule has 1 spiro atoms. The summed E-state index contributed by atoms with van der Waals surface area (Å²) in [6, 6.07) is 0. The number of ether oxygens (including phenoxy) is 2. The first-order chi connectivity index (χ1) is 12.3. The molecule has 0 aromatic carbocycles. The number of nitrogens with zero attached hydrogens (tertiary/aromatic N) is 2. The van der Waals surface area contributed by atoms with Crippen molar-refractivity contribution in [2.45, 2.75) is 62.2 Å². The smallest absolute Gasteiger partial charge is 0.193 e. The molecule has 1 atom stereocenters. The van der Waals surface area contributed by atoms with E-state index in [4.69, 9.17) is 9.47 Å². The Morgan fingerprint density at radius 1 is 1.32 bits per heavy atom. The first-order valence-electron chi connectivity index (χ1n) is 10.1. The molecule has 1 N–H and O–H groups in total. The molecule has 0 radical (unpaired) electrons. The van der Waals surface area contributed by atoms with Crippen LogP contribution in [0.3, 0.4) is 0 Å².